The number of rotatable bonds is 8. The van der Waals surface area contributed by atoms with Crippen LogP contribution >= 0.6 is 0 Å². The van der Waals surface area contributed by atoms with E-state index in [-0.39, 0.29) is 5.41 Å². The van der Waals surface area contributed by atoms with E-state index in [0.29, 0.717) is 5.96 Å². The van der Waals surface area contributed by atoms with Crippen LogP contribution in [-0.4, -0.2) is 32.3 Å². The standard InChI is InChI=1S/C16H25N3O/c1-2-20-12-6-11-18-15(17)19-13-16(9-10-16)14-7-4-3-5-8-14/h3-5,7-8H,2,6,9-13H2,1H3,(H3,17,18,19). The van der Waals surface area contributed by atoms with Gasteiger partial charge < -0.3 is 15.8 Å². The van der Waals surface area contributed by atoms with Gasteiger partial charge in [0.05, 0.1) is 6.54 Å². The van der Waals surface area contributed by atoms with E-state index in [1.807, 2.05) is 6.92 Å². The Hall–Kier alpha value is -1.55. The number of nitrogens with two attached hydrogens (primary N) is 1. The lowest BCUT2D eigenvalue weighted by Crippen LogP contribution is -2.33. The van der Waals surface area contributed by atoms with E-state index in [4.69, 9.17) is 10.5 Å². The van der Waals surface area contributed by atoms with Crippen LogP contribution in [0.4, 0.5) is 0 Å². The Balaban J connectivity index is 1.75. The van der Waals surface area contributed by atoms with Crippen LogP contribution in [-0.2, 0) is 10.2 Å². The van der Waals surface area contributed by atoms with Crippen molar-refractivity contribution in [3.63, 3.8) is 0 Å². The summed E-state index contributed by atoms with van der Waals surface area (Å²) >= 11 is 0. The molecule has 1 aliphatic carbocycles. The second-order valence-electron chi connectivity index (χ2n) is 5.33. The molecule has 4 nitrogen and oxygen atoms in total. The highest BCUT2D eigenvalue weighted by atomic mass is 16.5. The summed E-state index contributed by atoms with van der Waals surface area (Å²) in [7, 11) is 0. The number of benzene rings is 1. The van der Waals surface area contributed by atoms with Gasteiger partial charge in [0, 0.05) is 25.2 Å². The zero-order valence-electron chi connectivity index (χ0n) is 12.3. The van der Waals surface area contributed by atoms with E-state index < -0.39 is 0 Å². The van der Waals surface area contributed by atoms with E-state index in [0.717, 1.165) is 32.7 Å². The summed E-state index contributed by atoms with van der Waals surface area (Å²) in [6, 6.07) is 10.6. The molecular formula is C16H25N3O. The molecule has 1 saturated carbocycles. The molecule has 3 N–H and O–H groups in total. The smallest absolute Gasteiger partial charge is 0.188 e. The molecule has 110 valence electrons. The van der Waals surface area contributed by atoms with Crippen molar-refractivity contribution >= 4 is 5.96 Å². The van der Waals surface area contributed by atoms with Crippen molar-refractivity contribution in [2.24, 2.45) is 10.7 Å². The fourth-order valence-electron chi connectivity index (χ4n) is 2.31. The van der Waals surface area contributed by atoms with Crippen molar-refractivity contribution in [2.75, 3.05) is 26.3 Å². The molecule has 0 bridgehead atoms. The topological polar surface area (TPSA) is 59.6 Å². The molecule has 0 aromatic heterocycles. The van der Waals surface area contributed by atoms with Gasteiger partial charge in [0.1, 0.15) is 0 Å². The number of ether oxygens (including phenoxy) is 1. The Morgan fingerprint density at radius 1 is 1.35 bits per heavy atom. The minimum absolute atomic E-state index is 0.235. The van der Waals surface area contributed by atoms with Crippen LogP contribution in [0.25, 0.3) is 0 Å². The molecule has 0 saturated heterocycles. The molecule has 1 aliphatic rings. The van der Waals surface area contributed by atoms with Gasteiger partial charge in [-0.2, -0.15) is 0 Å². The maximum Gasteiger partial charge on any atom is 0.188 e. The third kappa shape index (κ3) is 4.23. The van der Waals surface area contributed by atoms with E-state index in [9.17, 15) is 0 Å². The van der Waals surface area contributed by atoms with Crippen molar-refractivity contribution in [1.29, 1.82) is 0 Å². The quantitative estimate of drug-likeness (QED) is 0.434. The molecule has 0 atom stereocenters. The van der Waals surface area contributed by atoms with E-state index in [1.165, 1.54) is 18.4 Å². The molecule has 20 heavy (non-hydrogen) atoms. The van der Waals surface area contributed by atoms with E-state index in [2.05, 4.69) is 40.6 Å². The summed E-state index contributed by atoms with van der Waals surface area (Å²) in [4.78, 5) is 4.50. The number of aliphatic imine (C=N–C) groups is 1. The normalized spacial score (nSPS) is 16.9. The average molecular weight is 275 g/mol. The molecule has 0 radical (unpaired) electrons. The Morgan fingerprint density at radius 3 is 2.75 bits per heavy atom. The Bertz CT molecular complexity index is 427. The molecule has 1 aromatic rings. The highest BCUT2D eigenvalue weighted by Crippen LogP contribution is 2.48. The second-order valence-corrected chi connectivity index (χ2v) is 5.33. The van der Waals surface area contributed by atoms with Crippen molar-refractivity contribution in [3.8, 4) is 0 Å². The zero-order valence-corrected chi connectivity index (χ0v) is 12.3. The molecule has 1 aromatic carbocycles. The fourth-order valence-corrected chi connectivity index (χ4v) is 2.31. The molecule has 0 aliphatic heterocycles. The van der Waals surface area contributed by atoms with Gasteiger partial charge in [0.2, 0.25) is 0 Å². The second kappa shape index (κ2) is 7.29. The molecular weight excluding hydrogens is 250 g/mol. The van der Waals surface area contributed by atoms with E-state index in [1.54, 1.807) is 0 Å². The summed E-state index contributed by atoms with van der Waals surface area (Å²) in [5.41, 5.74) is 7.52. The predicted molar refractivity (Wildman–Crippen MR) is 83.0 cm³/mol. The summed E-state index contributed by atoms with van der Waals surface area (Å²) in [5.74, 6) is 0.545. The third-order valence-corrected chi connectivity index (χ3v) is 3.77. The first-order valence-electron chi connectivity index (χ1n) is 7.44. The predicted octanol–water partition coefficient (Wildman–Crippen LogP) is 2.05. The number of nitrogens with one attached hydrogen (secondary N) is 1. The molecule has 1 fully saturated rings. The van der Waals surface area contributed by atoms with Crippen LogP contribution in [0.15, 0.2) is 35.3 Å². The fraction of sp³-hybridized carbons (Fsp3) is 0.562. The zero-order chi connectivity index (χ0) is 14.3. The van der Waals surface area contributed by atoms with Crippen molar-refractivity contribution in [3.05, 3.63) is 35.9 Å². The Kier molecular flexibility index (Phi) is 5.41. The summed E-state index contributed by atoms with van der Waals surface area (Å²) < 4.78 is 5.28. The van der Waals surface area contributed by atoms with Gasteiger partial charge in [-0.15, -0.1) is 0 Å². The molecule has 0 unspecified atom stereocenters. The first-order chi connectivity index (χ1) is 9.77. The third-order valence-electron chi connectivity index (χ3n) is 3.77. The maximum atomic E-state index is 5.90. The van der Waals surface area contributed by atoms with Gasteiger partial charge in [-0.1, -0.05) is 30.3 Å². The highest BCUT2D eigenvalue weighted by Gasteiger charge is 2.43. The lowest BCUT2D eigenvalue weighted by atomic mass is 9.96. The van der Waals surface area contributed by atoms with Gasteiger partial charge in [-0.3, -0.25) is 4.99 Å². The van der Waals surface area contributed by atoms with Crippen LogP contribution in [0.1, 0.15) is 31.7 Å². The van der Waals surface area contributed by atoms with Crippen LogP contribution in [0.2, 0.25) is 0 Å². The number of hydrogen-bond donors (Lipinski definition) is 2. The molecule has 0 spiro atoms. The Labute approximate surface area is 121 Å². The summed E-state index contributed by atoms with van der Waals surface area (Å²) in [5, 5.41) is 3.14. The summed E-state index contributed by atoms with van der Waals surface area (Å²) in [6.07, 6.45) is 3.37. The lowest BCUT2D eigenvalue weighted by Gasteiger charge is -2.13. The summed E-state index contributed by atoms with van der Waals surface area (Å²) in [6.45, 7) is 5.13. The van der Waals surface area contributed by atoms with Crippen molar-refractivity contribution in [2.45, 2.75) is 31.6 Å². The Morgan fingerprint density at radius 2 is 2.10 bits per heavy atom. The maximum absolute atomic E-state index is 5.90. The monoisotopic (exact) mass is 275 g/mol. The molecule has 2 rings (SSSR count). The average Bonchev–Trinajstić information content (AvgIpc) is 3.27. The largest absolute Gasteiger partial charge is 0.382 e. The minimum atomic E-state index is 0.235. The first-order valence-corrected chi connectivity index (χ1v) is 7.44. The van der Waals surface area contributed by atoms with Crippen molar-refractivity contribution in [1.82, 2.24) is 5.32 Å². The highest BCUT2D eigenvalue weighted by molar-refractivity contribution is 5.77. The first kappa shape index (κ1) is 14.9. The van der Waals surface area contributed by atoms with Gasteiger partial charge in [0.25, 0.3) is 0 Å². The number of hydrogen-bond acceptors (Lipinski definition) is 2. The lowest BCUT2D eigenvalue weighted by molar-refractivity contribution is 0.145. The number of guanidine groups is 1. The molecule has 0 heterocycles. The molecule has 0 amide bonds. The van der Waals surface area contributed by atoms with Crippen LogP contribution < -0.4 is 11.1 Å². The SMILES string of the molecule is CCOCCCNC(N)=NCC1(c2ccccc2)CC1. The van der Waals surface area contributed by atoms with Crippen LogP contribution in [0, 0.1) is 0 Å². The van der Waals surface area contributed by atoms with Crippen LogP contribution in [0.3, 0.4) is 0 Å². The minimum Gasteiger partial charge on any atom is -0.382 e. The van der Waals surface area contributed by atoms with Gasteiger partial charge in [-0.05, 0) is 31.7 Å². The van der Waals surface area contributed by atoms with E-state index >= 15 is 0 Å². The van der Waals surface area contributed by atoms with Gasteiger partial charge in [0.15, 0.2) is 5.96 Å². The van der Waals surface area contributed by atoms with Crippen molar-refractivity contribution < 1.29 is 4.74 Å². The molecule has 4 heteroatoms. The van der Waals surface area contributed by atoms with Crippen LogP contribution in [0.5, 0.6) is 0 Å². The van der Waals surface area contributed by atoms with Gasteiger partial charge >= 0.3 is 0 Å². The number of nitrogens with zero attached hydrogens (tertiary/aromatic N) is 1. The van der Waals surface area contributed by atoms with Gasteiger partial charge in [-0.25, -0.2) is 0 Å².